The van der Waals surface area contributed by atoms with E-state index in [0.717, 1.165) is 42.9 Å². The molecule has 0 bridgehead atoms. The largest absolute Gasteiger partial charge is 0.490 e. The lowest BCUT2D eigenvalue weighted by Crippen LogP contribution is -2.35. The van der Waals surface area contributed by atoms with Gasteiger partial charge < -0.3 is 15.0 Å². The molecule has 1 fully saturated rings. The van der Waals surface area contributed by atoms with E-state index in [9.17, 15) is 4.79 Å². The van der Waals surface area contributed by atoms with Gasteiger partial charge in [0.05, 0.1) is 5.69 Å². The van der Waals surface area contributed by atoms with Crippen molar-refractivity contribution in [2.75, 3.05) is 25.5 Å². The number of urea groups is 1. The molecule has 0 atom stereocenters. The number of rotatable bonds is 6. The van der Waals surface area contributed by atoms with Crippen LogP contribution in [0.4, 0.5) is 10.6 Å². The molecule has 2 aromatic carbocycles. The second kappa shape index (κ2) is 9.45. The van der Waals surface area contributed by atoms with Gasteiger partial charge in [-0.15, -0.1) is 5.10 Å². The number of ether oxygens (including phenoxy) is 1. The first-order valence-electron chi connectivity index (χ1n) is 10.3. The zero-order valence-corrected chi connectivity index (χ0v) is 17.1. The Bertz CT molecular complexity index is 947. The van der Waals surface area contributed by atoms with E-state index in [1.165, 1.54) is 0 Å². The number of carbonyl (C=O) groups excluding carboxylic acids is 1. The lowest BCUT2D eigenvalue weighted by atomic mass is 10.1. The van der Waals surface area contributed by atoms with E-state index in [1.807, 2.05) is 60.8 Å². The summed E-state index contributed by atoms with van der Waals surface area (Å²) in [4.78, 5) is 14.5. The number of hydrogen-bond acceptors (Lipinski definition) is 4. The predicted octanol–water partition coefficient (Wildman–Crippen LogP) is 3.67. The normalized spacial score (nSPS) is 15.0. The highest BCUT2D eigenvalue weighted by Gasteiger charge is 2.17. The molecule has 0 spiro atoms. The minimum absolute atomic E-state index is 0.284. The number of para-hydroxylation sites is 1. The van der Waals surface area contributed by atoms with E-state index in [1.54, 1.807) is 10.7 Å². The maximum atomic E-state index is 12.2. The lowest BCUT2D eigenvalue weighted by molar-refractivity contribution is 0.114. The second-order valence-corrected chi connectivity index (χ2v) is 7.55. The molecule has 3 aromatic rings. The molecule has 4 rings (SSSR count). The number of piperidine rings is 1. The van der Waals surface area contributed by atoms with Crippen LogP contribution in [0.5, 0.6) is 5.75 Å². The van der Waals surface area contributed by atoms with Gasteiger partial charge in [-0.3, -0.25) is 5.32 Å². The fourth-order valence-corrected chi connectivity index (χ4v) is 3.44. The SMILES string of the molecule is CN1CCC(Oc2ccc(CNC(=O)Nc3ccn(-c4ccccc4)n3)cc2)CC1. The van der Waals surface area contributed by atoms with Crippen molar-refractivity contribution in [2.45, 2.75) is 25.5 Å². The van der Waals surface area contributed by atoms with Gasteiger partial charge in [-0.25, -0.2) is 9.48 Å². The summed E-state index contributed by atoms with van der Waals surface area (Å²) in [6.07, 6.45) is 4.21. The minimum atomic E-state index is -0.292. The zero-order chi connectivity index (χ0) is 20.8. The highest BCUT2D eigenvalue weighted by molar-refractivity contribution is 5.88. The molecule has 2 heterocycles. The molecule has 1 aliphatic heterocycles. The summed E-state index contributed by atoms with van der Waals surface area (Å²) in [5.74, 6) is 1.38. The maximum absolute atomic E-state index is 12.2. The van der Waals surface area contributed by atoms with Gasteiger partial charge in [-0.05, 0) is 49.7 Å². The monoisotopic (exact) mass is 405 g/mol. The second-order valence-electron chi connectivity index (χ2n) is 7.55. The average Bonchev–Trinajstić information content (AvgIpc) is 3.24. The zero-order valence-electron chi connectivity index (χ0n) is 17.1. The molecule has 0 unspecified atom stereocenters. The quantitative estimate of drug-likeness (QED) is 0.656. The van der Waals surface area contributed by atoms with Crippen LogP contribution in [0, 0.1) is 0 Å². The lowest BCUT2D eigenvalue weighted by Gasteiger charge is -2.29. The Balaban J connectivity index is 1.23. The van der Waals surface area contributed by atoms with Gasteiger partial charge in [0.1, 0.15) is 11.9 Å². The van der Waals surface area contributed by atoms with Crippen molar-refractivity contribution >= 4 is 11.8 Å². The van der Waals surface area contributed by atoms with Crippen LogP contribution < -0.4 is 15.4 Å². The van der Waals surface area contributed by atoms with E-state index < -0.39 is 0 Å². The number of amides is 2. The topological polar surface area (TPSA) is 71.4 Å². The van der Waals surface area contributed by atoms with Gasteiger partial charge in [0, 0.05) is 31.9 Å². The number of hydrogen-bond donors (Lipinski definition) is 2. The van der Waals surface area contributed by atoms with Crippen LogP contribution >= 0.6 is 0 Å². The molecule has 7 nitrogen and oxygen atoms in total. The van der Waals surface area contributed by atoms with Crippen molar-refractivity contribution in [3.8, 4) is 11.4 Å². The number of likely N-dealkylation sites (tertiary alicyclic amines) is 1. The molecule has 0 radical (unpaired) electrons. The van der Waals surface area contributed by atoms with Gasteiger partial charge in [0.15, 0.2) is 5.82 Å². The summed E-state index contributed by atoms with van der Waals surface area (Å²) in [6.45, 7) is 2.58. The molecular weight excluding hydrogens is 378 g/mol. The molecule has 2 N–H and O–H groups in total. The molecule has 156 valence electrons. The summed E-state index contributed by atoms with van der Waals surface area (Å²) < 4.78 is 7.79. The number of aromatic nitrogens is 2. The van der Waals surface area contributed by atoms with Crippen LogP contribution in [0.1, 0.15) is 18.4 Å². The fourth-order valence-electron chi connectivity index (χ4n) is 3.44. The number of nitrogens with one attached hydrogen (secondary N) is 2. The number of anilines is 1. The number of carbonyl (C=O) groups is 1. The smallest absolute Gasteiger partial charge is 0.320 e. The number of benzene rings is 2. The highest BCUT2D eigenvalue weighted by atomic mass is 16.5. The summed E-state index contributed by atoms with van der Waals surface area (Å²) >= 11 is 0. The molecule has 0 aliphatic carbocycles. The van der Waals surface area contributed by atoms with E-state index >= 15 is 0 Å². The van der Waals surface area contributed by atoms with Crippen LogP contribution in [0.15, 0.2) is 66.9 Å². The molecule has 0 saturated carbocycles. The van der Waals surface area contributed by atoms with Gasteiger partial charge in [-0.1, -0.05) is 30.3 Å². The highest BCUT2D eigenvalue weighted by Crippen LogP contribution is 2.19. The van der Waals surface area contributed by atoms with Crippen molar-refractivity contribution in [1.29, 1.82) is 0 Å². The van der Waals surface area contributed by atoms with Gasteiger partial charge in [0.25, 0.3) is 0 Å². The molecule has 1 aliphatic rings. The first kappa shape index (κ1) is 20.0. The Morgan fingerprint density at radius 1 is 1.07 bits per heavy atom. The molecule has 2 amide bonds. The summed E-state index contributed by atoms with van der Waals surface area (Å²) in [6, 6.07) is 19.1. The van der Waals surface area contributed by atoms with E-state index in [2.05, 4.69) is 27.7 Å². The van der Waals surface area contributed by atoms with E-state index in [-0.39, 0.29) is 12.1 Å². The molecular formula is C23H27N5O2. The average molecular weight is 406 g/mol. The predicted molar refractivity (Wildman–Crippen MR) is 117 cm³/mol. The molecule has 1 aromatic heterocycles. The Morgan fingerprint density at radius 3 is 2.53 bits per heavy atom. The fraction of sp³-hybridized carbons (Fsp3) is 0.304. The van der Waals surface area contributed by atoms with Crippen LogP contribution in [0.3, 0.4) is 0 Å². The Labute approximate surface area is 176 Å². The van der Waals surface area contributed by atoms with Gasteiger partial charge in [-0.2, -0.15) is 0 Å². The Hall–Kier alpha value is -3.32. The van der Waals surface area contributed by atoms with Crippen LogP contribution in [0.2, 0.25) is 0 Å². The third-order valence-electron chi connectivity index (χ3n) is 5.20. The van der Waals surface area contributed by atoms with Gasteiger partial charge >= 0.3 is 6.03 Å². The Morgan fingerprint density at radius 2 is 1.80 bits per heavy atom. The van der Waals surface area contributed by atoms with E-state index in [0.29, 0.717) is 12.4 Å². The molecule has 1 saturated heterocycles. The third kappa shape index (κ3) is 5.39. The minimum Gasteiger partial charge on any atom is -0.490 e. The van der Waals surface area contributed by atoms with Crippen LogP contribution in [-0.2, 0) is 6.54 Å². The van der Waals surface area contributed by atoms with Crippen LogP contribution in [0.25, 0.3) is 5.69 Å². The standard InChI is InChI=1S/C23H27N5O2/c1-27-14-11-21(12-15-27)30-20-9-7-18(8-10-20)17-24-23(29)25-22-13-16-28(26-22)19-5-3-2-4-6-19/h2-10,13,16,21H,11-12,14-15,17H2,1H3,(H2,24,25,26,29). The van der Waals surface area contributed by atoms with E-state index in [4.69, 9.17) is 4.74 Å². The van der Waals surface area contributed by atoms with Crippen LogP contribution in [-0.4, -0.2) is 47.0 Å². The van der Waals surface area contributed by atoms with Crippen molar-refractivity contribution in [1.82, 2.24) is 20.0 Å². The summed E-state index contributed by atoms with van der Waals surface area (Å²) in [5.41, 5.74) is 1.95. The van der Waals surface area contributed by atoms with Crippen molar-refractivity contribution < 1.29 is 9.53 Å². The molecule has 7 heteroatoms. The third-order valence-corrected chi connectivity index (χ3v) is 5.20. The van der Waals surface area contributed by atoms with Gasteiger partial charge in [0.2, 0.25) is 0 Å². The Kier molecular flexibility index (Phi) is 6.29. The summed E-state index contributed by atoms with van der Waals surface area (Å²) in [7, 11) is 2.14. The molecule has 30 heavy (non-hydrogen) atoms. The number of nitrogens with zero attached hydrogens (tertiary/aromatic N) is 3. The van der Waals surface area contributed by atoms with Crippen molar-refractivity contribution in [3.05, 3.63) is 72.4 Å². The summed E-state index contributed by atoms with van der Waals surface area (Å²) in [5, 5.41) is 9.99. The maximum Gasteiger partial charge on any atom is 0.320 e. The van der Waals surface area contributed by atoms with Crippen molar-refractivity contribution in [3.63, 3.8) is 0 Å². The first-order chi connectivity index (χ1) is 14.7. The van der Waals surface area contributed by atoms with Crippen molar-refractivity contribution in [2.24, 2.45) is 0 Å². The first-order valence-corrected chi connectivity index (χ1v) is 10.3.